The third kappa shape index (κ3) is 5.52. The quantitative estimate of drug-likeness (QED) is 0.597. The number of ether oxygens (including phenoxy) is 1. The van der Waals surface area contributed by atoms with Crippen LogP contribution in [0.1, 0.15) is 44.4 Å². The summed E-state index contributed by atoms with van der Waals surface area (Å²) in [7, 11) is 1.68. The molecule has 0 aromatic heterocycles. The lowest BCUT2D eigenvalue weighted by molar-refractivity contribution is -0.139. The highest BCUT2D eigenvalue weighted by Crippen LogP contribution is 2.33. The molecule has 1 aromatic rings. The van der Waals surface area contributed by atoms with Gasteiger partial charge in [0.15, 0.2) is 0 Å². The standard InChI is InChI=1S/C25H37N5O4/c1-6-12-26-24(32)30-14-13-29(15-18(30)4)16-20-21(23(31)34-7-2)22(27-25(33)28(20)5)19-11-9-8-10-17(19)3/h8-11,18,22H,6-7,12-16H2,1-5H3,(H,26,32)(H,27,33). The van der Waals surface area contributed by atoms with E-state index in [2.05, 4.69) is 15.5 Å². The van der Waals surface area contributed by atoms with Crippen LogP contribution in [0.15, 0.2) is 35.5 Å². The number of esters is 1. The zero-order chi connectivity index (χ0) is 24.8. The molecule has 0 spiro atoms. The summed E-state index contributed by atoms with van der Waals surface area (Å²) in [6.45, 7) is 11.0. The number of nitrogens with zero attached hydrogens (tertiary/aromatic N) is 3. The number of benzene rings is 1. The molecule has 3 rings (SSSR count). The molecule has 34 heavy (non-hydrogen) atoms. The zero-order valence-corrected chi connectivity index (χ0v) is 20.9. The molecule has 4 amide bonds. The second kappa shape index (κ2) is 11.4. The lowest BCUT2D eigenvalue weighted by Gasteiger charge is -2.42. The molecule has 1 fully saturated rings. The minimum Gasteiger partial charge on any atom is -0.463 e. The molecule has 9 nitrogen and oxygen atoms in total. The number of urea groups is 2. The molecule has 1 aromatic carbocycles. The van der Waals surface area contributed by atoms with Gasteiger partial charge in [-0.1, -0.05) is 31.2 Å². The van der Waals surface area contributed by atoms with E-state index in [0.717, 1.165) is 17.5 Å². The van der Waals surface area contributed by atoms with Gasteiger partial charge in [0, 0.05) is 51.5 Å². The Kier molecular flexibility index (Phi) is 8.55. The topological polar surface area (TPSA) is 94.2 Å². The van der Waals surface area contributed by atoms with Gasteiger partial charge in [-0.25, -0.2) is 14.4 Å². The van der Waals surface area contributed by atoms with Gasteiger partial charge in [0.25, 0.3) is 0 Å². The number of nitrogens with one attached hydrogen (secondary N) is 2. The summed E-state index contributed by atoms with van der Waals surface area (Å²) in [6.07, 6.45) is 0.890. The Morgan fingerprint density at radius 1 is 1.21 bits per heavy atom. The summed E-state index contributed by atoms with van der Waals surface area (Å²) >= 11 is 0. The van der Waals surface area contributed by atoms with E-state index in [-0.39, 0.29) is 24.7 Å². The summed E-state index contributed by atoms with van der Waals surface area (Å²) in [5.74, 6) is -0.428. The number of carbonyl (C=O) groups is 3. The molecule has 0 radical (unpaired) electrons. The number of hydrogen-bond donors (Lipinski definition) is 2. The van der Waals surface area contributed by atoms with E-state index in [9.17, 15) is 14.4 Å². The maximum Gasteiger partial charge on any atom is 0.338 e. The van der Waals surface area contributed by atoms with Crippen LogP contribution in [-0.2, 0) is 9.53 Å². The van der Waals surface area contributed by atoms with Crippen molar-refractivity contribution in [3.8, 4) is 0 Å². The Labute approximate surface area is 202 Å². The Hall–Kier alpha value is -3.07. The fourth-order valence-electron chi connectivity index (χ4n) is 4.57. The van der Waals surface area contributed by atoms with Crippen LogP contribution in [0, 0.1) is 6.92 Å². The minimum atomic E-state index is -0.586. The summed E-state index contributed by atoms with van der Waals surface area (Å²) in [5.41, 5.74) is 2.94. The summed E-state index contributed by atoms with van der Waals surface area (Å²) < 4.78 is 5.43. The van der Waals surface area contributed by atoms with Gasteiger partial charge in [0.05, 0.1) is 18.2 Å². The van der Waals surface area contributed by atoms with Crippen LogP contribution >= 0.6 is 0 Å². The Bertz CT molecular complexity index is 947. The fraction of sp³-hybridized carbons (Fsp3) is 0.560. The van der Waals surface area contributed by atoms with Crippen molar-refractivity contribution in [1.29, 1.82) is 0 Å². The zero-order valence-electron chi connectivity index (χ0n) is 20.9. The van der Waals surface area contributed by atoms with E-state index >= 15 is 0 Å². The summed E-state index contributed by atoms with van der Waals surface area (Å²) in [6, 6.07) is 6.84. The molecule has 9 heteroatoms. The molecular formula is C25H37N5O4. The maximum atomic E-state index is 13.2. The normalized spacial score (nSPS) is 21.4. The average Bonchev–Trinajstić information content (AvgIpc) is 2.81. The van der Waals surface area contributed by atoms with E-state index in [1.807, 2.05) is 49.9 Å². The van der Waals surface area contributed by atoms with Crippen LogP contribution in [0.5, 0.6) is 0 Å². The first-order chi connectivity index (χ1) is 16.3. The van der Waals surface area contributed by atoms with E-state index < -0.39 is 12.0 Å². The number of carbonyl (C=O) groups excluding carboxylic acids is 3. The van der Waals surface area contributed by atoms with E-state index in [1.165, 1.54) is 4.90 Å². The number of rotatable bonds is 7. The minimum absolute atomic E-state index is 0.00661. The molecule has 186 valence electrons. The maximum absolute atomic E-state index is 13.2. The third-order valence-corrected chi connectivity index (χ3v) is 6.44. The lowest BCUT2D eigenvalue weighted by atomic mass is 9.91. The molecule has 0 saturated carbocycles. The van der Waals surface area contributed by atoms with Gasteiger partial charge in [0.1, 0.15) is 0 Å². The summed E-state index contributed by atoms with van der Waals surface area (Å²) in [5, 5.41) is 5.92. The summed E-state index contributed by atoms with van der Waals surface area (Å²) in [4.78, 5) is 44.1. The highest BCUT2D eigenvalue weighted by Gasteiger charge is 2.38. The SMILES string of the molecule is CCCNC(=O)N1CCN(CC2=C(C(=O)OCC)C(c3ccccc3C)NC(=O)N2C)CC1C. The van der Waals surface area contributed by atoms with Gasteiger partial charge in [0.2, 0.25) is 0 Å². The van der Waals surface area contributed by atoms with Crippen LogP contribution in [0.2, 0.25) is 0 Å². The largest absolute Gasteiger partial charge is 0.463 e. The number of piperazine rings is 1. The van der Waals surface area contributed by atoms with E-state index in [0.29, 0.717) is 44.0 Å². The molecular weight excluding hydrogens is 434 g/mol. The molecule has 2 heterocycles. The number of hydrogen-bond acceptors (Lipinski definition) is 5. The van der Waals surface area contributed by atoms with Crippen molar-refractivity contribution in [2.75, 3.05) is 46.4 Å². The van der Waals surface area contributed by atoms with Crippen molar-refractivity contribution in [2.24, 2.45) is 0 Å². The highest BCUT2D eigenvalue weighted by atomic mass is 16.5. The molecule has 2 unspecified atom stereocenters. The van der Waals surface area contributed by atoms with Crippen molar-refractivity contribution < 1.29 is 19.1 Å². The Morgan fingerprint density at radius 2 is 1.94 bits per heavy atom. The predicted octanol–water partition coefficient (Wildman–Crippen LogP) is 2.63. The van der Waals surface area contributed by atoms with E-state index in [4.69, 9.17) is 4.74 Å². The van der Waals surface area contributed by atoms with Gasteiger partial charge in [-0.3, -0.25) is 9.80 Å². The van der Waals surface area contributed by atoms with Crippen molar-refractivity contribution in [3.05, 3.63) is 46.7 Å². The first-order valence-electron chi connectivity index (χ1n) is 12.0. The first kappa shape index (κ1) is 25.6. The number of aryl methyl sites for hydroxylation is 1. The van der Waals surface area contributed by atoms with Crippen LogP contribution in [0.25, 0.3) is 0 Å². The number of likely N-dealkylation sites (N-methyl/N-ethyl adjacent to an activating group) is 1. The van der Waals surface area contributed by atoms with Crippen LogP contribution < -0.4 is 10.6 Å². The Balaban J connectivity index is 1.90. The second-order valence-corrected chi connectivity index (χ2v) is 8.89. The molecule has 0 bridgehead atoms. The van der Waals surface area contributed by atoms with Crippen LogP contribution in [0.3, 0.4) is 0 Å². The molecule has 2 aliphatic rings. The van der Waals surface area contributed by atoms with Crippen molar-refractivity contribution >= 4 is 18.0 Å². The van der Waals surface area contributed by atoms with Gasteiger partial charge >= 0.3 is 18.0 Å². The molecule has 2 atom stereocenters. The fourth-order valence-corrected chi connectivity index (χ4v) is 4.57. The van der Waals surface area contributed by atoms with E-state index in [1.54, 1.807) is 14.0 Å². The predicted molar refractivity (Wildman–Crippen MR) is 130 cm³/mol. The van der Waals surface area contributed by atoms with Crippen molar-refractivity contribution in [1.82, 2.24) is 25.3 Å². The molecule has 2 aliphatic heterocycles. The first-order valence-corrected chi connectivity index (χ1v) is 12.0. The monoisotopic (exact) mass is 471 g/mol. The highest BCUT2D eigenvalue weighted by molar-refractivity contribution is 5.95. The van der Waals surface area contributed by atoms with Gasteiger partial charge in [-0.05, 0) is 38.3 Å². The molecule has 0 aliphatic carbocycles. The molecule has 1 saturated heterocycles. The smallest absolute Gasteiger partial charge is 0.338 e. The van der Waals surface area contributed by atoms with Gasteiger partial charge in [-0.15, -0.1) is 0 Å². The molecule has 2 N–H and O–H groups in total. The van der Waals surface area contributed by atoms with Crippen LogP contribution in [0.4, 0.5) is 9.59 Å². The second-order valence-electron chi connectivity index (χ2n) is 8.89. The van der Waals surface area contributed by atoms with Crippen molar-refractivity contribution in [2.45, 2.75) is 46.2 Å². The van der Waals surface area contributed by atoms with Crippen LogP contribution in [-0.4, -0.2) is 85.2 Å². The third-order valence-electron chi connectivity index (χ3n) is 6.44. The number of amides is 4. The van der Waals surface area contributed by atoms with Gasteiger partial charge in [-0.2, -0.15) is 0 Å². The van der Waals surface area contributed by atoms with Gasteiger partial charge < -0.3 is 20.3 Å². The van der Waals surface area contributed by atoms with Crippen molar-refractivity contribution in [3.63, 3.8) is 0 Å². The lowest BCUT2D eigenvalue weighted by Crippen LogP contribution is -2.58. The Morgan fingerprint density at radius 3 is 2.59 bits per heavy atom. The average molecular weight is 472 g/mol.